The van der Waals surface area contributed by atoms with Crippen LogP contribution in [0.2, 0.25) is 5.02 Å². The van der Waals surface area contributed by atoms with Crippen molar-refractivity contribution in [2.75, 3.05) is 18.1 Å². The van der Waals surface area contributed by atoms with Gasteiger partial charge in [0.25, 0.3) is 11.8 Å². The summed E-state index contributed by atoms with van der Waals surface area (Å²) in [6.45, 7) is 3.17. The second-order valence-corrected chi connectivity index (χ2v) is 7.89. The number of carbonyl (C=O) groups is 2. The van der Waals surface area contributed by atoms with Crippen LogP contribution in [0.3, 0.4) is 0 Å². The first-order valence-corrected chi connectivity index (χ1v) is 10.4. The highest BCUT2D eigenvalue weighted by Gasteiger charge is 2.40. The Labute approximate surface area is 178 Å². The van der Waals surface area contributed by atoms with Gasteiger partial charge in [0.1, 0.15) is 11.7 Å². The first kappa shape index (κ1) is 20.3. The van der Waals surface area contributed by atoms with E-state index in [4.69, 9.17) is 11.6 Å². The van der Waals surface area contributed by atoms with E-state index >= 15 is 0 Å². The van der Waals surface area contributed by atoms with Gasteiger partial charge in [-0.2, -0.15) is 0 Å². The summed E-state index contributed by atoms with van der Waals surface area (Å²) in [5.41, 5.74) is -0.376. The van der Waals surface area contributed by atoms with E-state index in [1.54, 1.807) is 29.2 Å². The van der Waals surface area contributed by atoms with Crippen molar-refractivity contribution in [1.29, 1.82) is 0 Å². The highest BCUT2D eigenvalue weighted by molar-refractivity contribution is 6.30. The van der Waals surface area contributed by atoms with Crippen LogP contribution < -0.4 is 15.8 Å². The molecule has 4 rings (SSSR count). The molecule has 9 heteroatoms. The van der Waals surface area contributed by atoms with Gasteiger partial charge in [0.05, 0.1) is 0 Å². The Balaban J connectivity index is 1.70. The number of hydrogen-bond donors (Lipinski definition) is 2. The molecule has 0 bridgehead atoms. The van der Waals surface area contributed by atoms with E-state index in [0.717, 1.165) is 24.8 Å². The van der Waals surface area contributed by atoms with Crippen LogP contribution in [-0.4, -0.2) is 45.8 Å². The van der Waals surface area contributed by atoms with Gasteiger partial charge < -0.3 is 15.3 Å². The zero-order valence-electron chi connectivity index (χ0n) is 16.6. The minimum atomic E-state index is -0.857. The minimum Gasteiger partial charge on any atom is -0.502 e. The Hall–Kier alpha value is -3.00. The number of benzene rings is 1. The lowest BCUT2D eigenvalue weighted by atomic mass is 10.1. The first-order chi connectivity index (χ1) is 14.4. The molecular formula is C21H23ClN4O4. The van der Waals surface area contributed by atoms with E-state index in [1.165, 1.54) is 10.9 Å². The molecule has 2 N–H and O–H groups in total. The average molecular weight is 431 g/mol. The number of fused-ring (bicyclic) bond motifs is 3. The minimum absolute atomic E-state index is 0.0913. The van der Waals surface area contributed by atoms with E-state index in [9.17, 15) is 19.5 Å². The van der Waals surface area contributed by atoms with Crippen molar-refractivity contribution in [2.45, 2.75) is 38.9 Å². The molecule has 2 amide bonds. The van der Waals surface area contributed by atoms with Crippen molar-refractivity contribution in [2.24, 2.45) is 0 Å². The normalized spacial score (nSPS) is 18.1. The summed E-state index contributed by atoms with van der Waals surface area (Å²) < 4.78 is 1.49. The summed E-state index contributed by atoms with van der Waals surface area (Å²) in [4.78, 5) is 40.1. The summed E-state index contributed by atoms with van der Waals surface area (Å²) in [7, 11) is 0. The molecule has 0 spiro atoms. The van der Waals surface area contributed by atoms with Crippen LogP contribution in [0, 0.1) is 0 Å². The van der Waals surface area contributed by atoms with E-state index in [0.29, 0.717) is 18.1 Å². The Morgan fingerprint density at radius 1 is 1.30 bits per heavy atom. The molecule has 1 fully saturated rings. The van der Waals surface area contributed by atoms with Crippen LogP contribution in [0.4, 0.5) is 0 Å². The molecule has 1 saturated heterocycles. The monoisotopic (exact) mass is 430 g/mol. The summed E-state index contributed by atoms with van der Waals surface area (Å²) in [5, 5.41) is 15.7. The molecule has 0 aliphatic carbocycles. The number of amides is 2. The van der Waals surface area contributed by atoms with Gasteiger partial charge in [-0.25, -0.2) is 0 Å². The van der Waals surface area contributed by atoms with Crippen LogP contribution in [0.15, 0.2) is 35.3 Å². The van der Waals surface area contributed by atoms with E-state index in [2.05, 4.69) is 5.32 Å². The first-order valence-electron chi connectivity index (χ1n) is 10.0. The van der Waals surface area contributed by atoms with E-state index in [-0.39, 0.29) is 24.0 Å². The third-order valence-electron chi connectivity index (χ3n) is 5.64. The maximum atomic E-state index is 13.0. The molecular weight excluding hydrogens is 408 g/mol. The summed E-state index contributed by atoms with van der Waals surface area (Å²) in [6, 6.07) is 7.02. The third kappa shape index (κ3) is 3.41. The number of aromatic hydroxyl groups is 1. The number of pyridine rings is 1. The molecule has 158 valence electrons. The molecule has 2 aliphatic heterocycles. The van der Waals surface area contributed by atoms with Crippen LogP contribution in [0.25, 0.3) is 0 Å². The van der Waals surface area contributed by atoms with Crippen LogP contribution in [0.1, 0.15) is 52.6 Å². The number of hydrogen-bond acceptors (Lipinski definition) is 5. The standard InChI is InChI=1S/C21H23ClN4O4/c1-2-24-16-8-3-4-9-25(16)26-12-15(18(27)19(28)17(26)21(24)30)20(29)23-11-13-6-5-7-14(22)10-13/h5-7,10,12,16,28H,2-4,8-9,11H2,1H3,(H,23,29)/t16-/m0/s1. The Kier molecular flexibility index (Phi) is 5.42. The fraction of sp³-hybridized carbons (Fsp3) is 0.381. The van der Waals surface area contributed by atoms with Gasteiger partial charge in [0.2, 0.25) is 5.43 Å². The lowest BCUT2D eigenvalue weighted by Crippen LogP contribution is -2.63. The predicted molar refractivity (Wildman–Crippen MR) is 112 cm³/mol. The van der Waals surface area contributed by atoms with Crippen molar-refractivity contribution in [3.8, 4) is 5.75 Å². The number of nitrogens with zero attached hydrogens (tertiary/aromatic N) is 3. The summed E-state index contributed by atoms with van der Waals surface area (Å²) in [5.74, 6) is -1.72. The molecule has 1 aromatic heterocycles. The molecule has 30 heavy (non-hydrogen) atoms. The largest absolute Gasteiger partial charge is 0.502 e. The van der Waals surface area contributed by atoms with Gasteiger partial charge in [-0.1, -0.05) is 23.7 Å². The Morgan fingerprint density at radius 2 is 2.10 bits per heavy atom. The number of carbonyl (C=O) groups excluding carboxylic acids is 2. The maximum absolute atomic E-state index is 13.0. The zero-order chi connectivity index (χ0) is 21.4. The number of nitrogens with one attached hydrogen (secondary N) is 1. The third-order valence-corrected chi connectivity index (χ3v) is 5.87. The molecule has 1 atom stereocenters. The average Bonchev–Trinajstić information content (AvgIpc) is 2.74. The fourth-order valence-corrected chi connectivity index (χ4v) is 4.38. The molecule has 1 aromatic carbocycles. The molecule has 3 heterocycles. The second-order valence-electron chi connectivity index (χ2n) is 7.46. The zero-order valence-corrected chi connectivity index (χ0v) is 17.4. The van der Waals surface area contributed by atoms with Crippen molar-refractivity contribution >= 4 is 23.4 Å². The number of piperidine rings is 1. The SMILES string of the molecule is CCN1C(=O)c2c(O)c(=O)c(C(=O)NCc3cccc(Cl)c3)cn2N2CCCC[C@@H]12. The van der Waals surface area contributed by atoms with Gasteiger partial charge in [-0.3, -0.25) is 24.1 Å². The highest BCUT2D eigenvalue weighted by Crippen LogP contribution is 2.29. The van der Waals surface area contributed by atoms with Crippen molar-refractivity contribution in [1.82, 2.24) is 14.9 Å². The Morgan fingerprint density at radius 3 is 2.83 bits per heavy atom. The maximum Gasteiger partial charge on any atom is 0.278 e. The van der Waals surface area contributed by atoms with Crippen molar-refractivity contribution in [3.05, 3.63) is 62.5 Å². The number of halogens is 1. The predicted octanol–water partition coefficient (Wildman–Crippen LogP) is 2.06. The van der Waals surface area contributed by atoms with Gasteiger partial charge in [0.15, 0.2) is 11.4 Å². The van der Waals surface area contributed by atoms with Crippen LogP contribution in [-0.2, 0) is 6.54 Å². The summed E-state index contributed by atoms with van der Waals surface area (Å²) >= 11 is 5.96. The fourth-order valence-electron chi connectivity index (χ4n) is 4.17. The Bertz CT molecular complexity index is 1070. The molecule has 0 saturated carbocycles. The van der Waals surface area contributed by atoms with Crippen molar-refractivity contribution < 1.29 is 14.7 Å². The van der Waals surface area contributed by atoms with Crippen LogP contribution >= 0.6 is 11.6 Å². The van der Waals surface area contributed by atoms with Gasteiger partial charge >= 0.3 is 0 Å². The number of aromatic nitrogens is 1. The quantitative estimate of drug-likeness (QED) is 0.774. The lowest BCUT2D eigenvalue weighted by molar-refractivity contribution is 0.0534. The highest BCUT2D eigenvalue weighted by atomic mass is 35.5. The molecule has 2 aliphatic rings. The molecule has 0 unspecified atom stereocenters. The van der Waals surface area contributed by atoms with E-state index in [1.807, 2.05) is 11.9 Å². The topological polar surface area (TPSA) is 94.9 Å². The molecule has 0 radical (unpaired) electrons. The molecule has 2 aromatic rings. The summed E-state index contributed by atoms with van der Waals surface area (Å²) in [6.07, 6.45) is 3.91. The van der Waals surface area contributed by atoms with Crippen molar-refractivity contribution in [3.63, 3.8) is 0 Å². The smallest absolute Gasteiger partial charge is 0.278 e. The van der Waals surface area contributed by atoms with Gasteiger partial charge in [-0.05, 0) is 43.9 Å². The lowest BCUT2D eigenvalue weighted by Gasteiger charge is -2.48. The van der Waals surface area contributed by atoms with Crippen LogP contribution in [0.5, 0.6) is 5.75 Å². The van der Waals surface area contributed by atoms with E-state index < -0.39 is 23.0 Å². The second kappa shape index (κ2) is 8.02. The number of rotatable bonds is 4. The van der Waals surface area contributed by atoms with Gasteiger partial charge in [0, 0.05) is 30.9 Å². The van der Waals surface area contributed by atoms with Gasteiger partial charge in [-0.15, -0.1) is 0 Å². The molecule has 8 nitrogen and oxygen atoms in total.